The second-order valence-corrected chi connectivity index (χ2v) is 11.0. The highest BCUT2D eigenvalue weighted by Gasteiger charge is 2.31. The minimum absolute atomic E-state index is 0.0577. The van der Waals surface area contributed by atoms with Crippen LogP contribution in [0.2, 0.25) is 10.0 Å². The Morgan fingerprint density at radius 3 is 2.18 bits per heavy atom. The molecule has 2 aromatic rings. The molecule has 0 radical (unpaired) electrons. The van der Waals surface area contributed by atoms with Crippen molar-refractivity contribution in [2.45, 2.75) is 52.7 Å². The highest BCUT2D eigenvalue weighted by atomic mass is 35.5. The van der Waals surface area contributed by atoms with Gasteiger partial charge in [0.15, 0.2) is 0 Å². The highest BCUT2D eigenvalue weighted by molar-refractivity contribution is 7.92. The molecule has 186 valence electrons. The van der Waals surface area contributed by atoms with Gasteiger partial charge in [-0.15, -0.1) is 0 Å². The van der Waals surface area contributed by atoms with Crippen molar-refractivity contribution in [1.29, 1.82) is 0 Å². The molecule has 2 rings (SSSR count). The van der Waals surface area contributed by atoms with Crippen molar-refractivity contribution < 1.29 is 18.0 Å². The summed E-state index contributed by atoms with van der Waals surface area (Å²) in [7, 11) is -3.79. The van der Waals surface area contributed by atoms with Crippen LogP contribution in [0.15, 0.2) is 42.5 Å². The normalized spacial score (nSPS) is 13.1. The van der Waals surface area contributed by atoms with E-state index in [1.807, 2.05) is 26.8 Å². The Hall–Kier alpha value is -2.29. The summed E-state index contributed by atoms with van der Waals surface area (Å²) < 4.78 is 26.2. The fourth-order valence-corrected chi connectivity index (χ4v) is 4.66. The van der Waals surface area contributed by atoms with Crippen LogP contribution in [0, 0.1) is 6.92 Å². The molecule has 0 saturated carbocycles. The van der Waals surface area contributed by atoms with Crippen molar-refractivity contribution in [1.82, 2.24) is 10.2 Å². The van der Waals surface area contributed by atoms with E-state index in [0.717, 1.165) is 22.5 Å². The molecular formula is C24H31Cl2N3O4S. The number of aryl methyl sites for hydroxylation is 1. The number of rotatable bonds is 10. The van der Waals surface area contributed by atoms with E-state index in [4.69, 9.17) is 23.2 Å². The van der Waals surface area contributed by atoms with Gasteiger partial charge in [0.25, 0.3) is 0 Å². The number of sulfonamides is 1. The van der Waals surface area contributed by atoms with Gasteiger partial charge in [-0.1, -0.05) is 48.3 Å². The van der Waals surface area contributed by atoms with Gasteiger partial charge in [-0.2, -0.15) is 0 Å². The zero-order valence-electron chi connectivity index (χ0n) is 20.0. The molecule has 0 unspecified atom stereocenters. The Bertz CT molecular complexity index is 1120. The molecule has 0 spiro atoms. The molecule has 0 aromatic heterocycles. The number of hydrogen-bond acceptors (Lipinski definition) is 4. The van der Waals surface area contributed by atoms with E-state index in [2.05, 4.69) is 5.32 Å². The molecule has 2 amide bonds. The molecule has 1 N–H and O–H groups in total. The van der Waals surface area contributed by atoms with Crippen molar-refractivity contribution in [3.63, 3.8) is 0 Å². The molecule has 0 aliphatic rings. The summed E-state index contributed by atoms with van der Waals surface area (Å²) in [5.74, 6) is -0.915. The Labute approximate surface area is 212 Å². The van der Waals surface area contributed by atoms with Crippen molar-refractivity contribution in [3.8, 4) is 0 Å². The summed E-state index contributed by atoms with van der Waals surface area (Å²) in [5.41, 5.74) is 1.69. The summed E-state index contributed by atoms with van der Waals surface area (Å²) in [6, 6.07) is 10.8. The Kier molecular flexibility index (Phi) is 9.79. The predicted octanol–water partition coefficient (Wildman–Crippen LogP) is 4.40. The Morgan fingerprint density at radius 2 is 1.65 bits per heavy atom. The topological polar surface area (TPSA) is 86.8 Å². The zero-order chi connectivity index (χ0) is 25.6. The van der Waals surface area contributed by atoms with E-state index in [0.29, 0.717) is 21.3 Å². The summed E-state index contributed by atoms with van der Waals surface area (Å²) in [5, 5.41) is 3.56. The number of halogens is 2. The van der Waals surface area contributed by atoms with E-state index in [9.17, 15) is 18.0 Å². The third-order valence-corrected chi connectivity index (χ3v) is 7.38. The van der Waals surface area contributed by atoms with Gasteiger partial charge in [-0.05, 0) is 57.0 Å². The maximum Gasteiger partial charge on any atom is 0.244 e. The number of nitrogens with zero attached hydrogens (tertiary/aromatic N) is 2. The number of benzene rings is 2. The third kappa shape index (κ3) is 7.35. The molecule has 34 heavy (non-hydrogen) atoms. The maximum atomic E-state index is 13.5. The highest BCUT2D eigenvalue weighted by Crippen LogP contribution is 2.27. The molecule has 0 bridgehead atoms. The van der Waals surface area contributed by atoms with Crippen LogP contribution in [-0.2, 0) is 26.2 Å². The maximum absolute atomic E-state index is 13.5. The van der Waals surface area contributed by atoms with Crippen LogP contribution >= 0.6 is 23.2 Å². The van der Waals surface area contributed by atoms with Gasteiger partial charge in [0.05, 0.1) is 11.9 Å². The van der Waals surface area contributed by atoms with Crippen LogP contribution in [0.3, 0.4) is 0 Å². The lowest BCUT2D eigenvalue weighted by Gasteiger charge is -2.32. The number of carbonyl (C=O) groups excluding carboxylic acids is 2. The minimum atomic E-state index is -3.79. The van der Waals surface area contributed by atoms with Gasteiger partial charge in [0, 0.05) is 28.2 Å². The van der Waals surface area contributed by atoms with Crippen LogP contribution in [0.25, 0.3) is 0 Å². The van der Waals surface area contributed by atoms with Crippen LogP contribution in [0.5, 0.6) is 0 Å². The molecule has 10 heteroatoms. The van der Waals surface area contributed by atoms with Gasteiger partial charge in [0.1, 0.15) is 12.6 Å². The van der Waals surface area contributed by atoms with Gasteiger partial charge >= 0.3 is 0 Å². The first-order chi connectivity index (χ1) is 15.8. The Morgan fingerprint density at radius 1 is 1.06 bits per heavy atom. The smallest absolute Gasteiger partial charge is 0.244 e. The molecule has 0 aliphatic heterocycles. The van der Waals surface area contributed by atoms with E-state index < -0.39 is 28.5 Å². The molecule has 0 fully saturated rings. The second kappa shape index (κ2) is 11.9. The largest absolute Gasteiger partial charge is 0.352 e. The minimum Gasteiger partial charge on any atom is -0.352 e. The molecule has 0 heterocycles. The van der Waals surface area contributed by atoms with Crippen molar-refractivity contribution in [2.75, 3.05) is 17.1 Å². The first-order valence-corrected chi connectivity index (χ1v) is 13.5. The average Bonchev–Trinajstić information content (AvgIpc) is 2.75. The molecule has 0 aliphatic carbocycles. The fraction of sp³-hybridized carbons (Fsp3) is 0.417. The number of nitrogens with one attached hydrogen (secondary N) is 1. The molecule has 7 nitrogen and oxygen atoms in total. The number of hydrogen-bond donors (Lipinski definition) is 1. The molecule has 2 atom stereocenters. The third-order valence-electron chi connectivity index (χ3n) is 5.53. The lowest BCUT2D eigenvalue weighted by atomic mass is 10.1. The van der Waals surface area contributed by atoms with Crippen LogP contribution in [0.1, 0.15) is 38.3 Å². The quantitative estimate of drug-likeness (QED) is 0.495. The van der Waals surface area contributed by atoms with E-state index in [1.165, 1.54) is 4.90 Å². The number of anilines is 1. The molecular weight excluding hydrogens is 497 g/mol. The van der Waals surface area contributed by atoms with Crippen molar-refractivity contribution in [2.24, 2.45) is 0 Å². The second-order valence-electron chi connectivity index (χ2n) is 8.32. The Balaban J connectivity index is 2.45. The molecule has 0 saturated heterocycles. The van der Waals surface area contributed by atoms with Crippen LogP contribution < -0.4 is 9.62 Å². The summed E-state index contributed by atoms with van der Waals surface area (Å²) >= 11 is 12.7. The van der Waals surface area contributed by atoms with Gasteiger partial charge in [-0.25, -0.2) is 8.42 Å². The van der Waals surface area contributed by atoms with Crippen molar-refractivity contribution >= 4 is 50.7 Å². The summed E-state index contributed by atoms with van der Waals surface area (Å²) in [6.45, 7) is 6.69. The fourth-order valence-electron chi connectivity index (χ4n) is 3.30. The predicted molar refractivity (Wildman–Crippen MR) is 138 cm³/mol. The standard InChI is InChI=1S/C24H31Cl2N3O4S/c1-6-17(3)27-24(31)18(4)28(14-20-21(25)11-8-12-22(20)26)23(30)15-29(34(5,32)33)19-10-7-9-16(2)13-19/h7-13,17-18H,6,14-15H2,1-5H3,(H,27,31)/t17-,18+/m0/s1. The first kappa shape index (κ1) is 28.0. The monoisotopic (exact) mass is 527 g/mol. The van der Waals surface area contributed by atoms with E-state index in [1.54, 1.807) is 43.3 Å². The number of amides is 2. The summed E-state index contributed by atoms with van der Waals surface area (Å²) in [6.07, 6.45) is 1.76. The average molecular weight is 529 g/mol. The molecule has 2 aromatic carbocycles. The van der Waals surface area contributed by atoms with Crippen LogP contribution in [-0.4, -0.2) is 50.0 Å². The van der Waals surface area contributed by atoms with Gasteiger partial charge in [0.2, 0.25) is 21.8 Å². The SMILES string of the molecule is CC[C@H](C)NC(=O)[C@@H](C)N(Cc1c(Cl)cccc1Cl)C(=O)CN(c1cccc(C)c1)S(C)(=O)=O. The first-order valence-electron chi connectivity index (χ1n) is 10.9. The van der Waals surface area contributed by atoms with E-state index >= 15 is 0 Å². The van der Waals surface area contributed by atoms with Crippen molar-refractivity contribution in [3.05, 3.63) is 63.6 Å². The zero-order valence-corrected chi connectivity index (χ0v) is 22.3. The van der Waals surface area contributed by atoms with Gasteiger partial charge < -0.3 is 10.2 Å². The lowest BCUT2D eigenvalue weighted by Crippen LogP contribution is -2.52. The van der Waals surface area contributed by atoms with Crippen LogP contribution in [0.4, 0.5) is 5.69 Å². The summed E-state index contributed by atoms with van der Waals surface area (Å²) in [4.78, 5) is 27.8. The lowest BCUT2D eigenvalue weighted by molar-refractivity contribution is -0.139. The van der Waals surface area contributed by atoms with Gasteiger partial charge in [-0.3, -0.25) is 13.9 Å². The number of carbonyl (C=O) groups is 2. The van der Waals surface area contributed by atoms with E-state index in [-0.39, 0.29) is 18.5 Å².